The fourth-order valence-corrected chi connectivity index (χ4v) is 4.75. The van der Waals surface area contributed by atoms with Crippen LogP contribution in [0.4, 0.5) is 10.5 Å². The number of ether oxygens (including phenoxy) is 2. The van der Waals surface area contributed by atoms with Crippen LogP contribution in [0.2, 0.25) is 0 Å². The Morgan fingerprint density at radius 3 is 2.56 bits per heavy atom. The van der Waals surface area contributed by atoms with E-state index in [0.29, 0.717) is 32.0 Å². The molecule has 0 bridgehead atoms. The summed E-state index contributed by atoms with van der Waals surface area (Å²) in [5, 5.41) is 10.6. The number of hydrogen-bond acceptors (Lipinski definition) is 7. The van der Waals surface area contributed by atoms with Gasteiger partial charge in [-0.3, -0.25) is 24.6 Å². The van der Waals surface area contributed by atoms with E-state index < -0.39 is 4.92 Å². The molecule has 1 saturated heterocycles. The van der Waals surface area contributed by atoms with Crippen molar-refractivity contribution < 1.29 is 24.0 Å². The van der Waals surface area contributed by atoms with E-state index in [-0.39, 0.29) is 36.6 Å². The summed E-state index contributed by atoms with van der Waals surface area (Å²) in [5.74, 6) is 0.861. The lowest BCUT2D eigenvalue weighted by atomic mass is 10.2. The second kappa shape index (κ2) is 11.4. The van der Waals surface area contributed by atoms with Gasteiger partial charge in [0.15, 0.2) is 0 Å². The third-order valence-corrected chi connectivity index (χ3v) is 6.77. The molecule has 0 aromatic heterocycles. The lowest BCUT2D eigenvalue weighted by Crippen LogP contribution is -2.32. The molecular weight excluding hydrogens is 548 g/mol. The Balaban J connectivity index is 1.36. The topological polar surface area (TPSA) is 99.0 Å². The minimum atomic E-state index is -0.451. The van der Waals surface area contributed by atoms with E-state index in [0.717, 1.165) is 17.3 Å². The maximum absolute atomic E-state index is 12.8. The number of carbonyl (C=O) groups excluding carboxylic acids is 2. The van der Waals surface area contributed by atoms with E-state index in [1.807, 2.05) is 31.2 Å². The second-order valence-electron chi connectivity index (χ2n) is 7.90. The standard InChI is InChI=1S/C26H21BrN2O6S/c1-17-5-8-21(9-6-17)34-12-11-28-25(30)24(36-26(28)31)15-18-7-10-23(22(27)14-18)35-16-19-3-2-4-20(13-19)29(32)33/h2-10,13-15H,11-12,16H2,1H3/b24-15-. The van der Waals surface area contributed by atoms with Gasteiger partial charge in [0.25, 0.3) is 16.8 Å². The molecule has 4 rings (SSSR count). The number of rotatable bonds is 9. The number of hydrogen-bond donors (Lipinski definition) is 0. The first kappa shape index (κ1) is 25.5. The van der Waals surface area contributed by atoms with E-state index >= 15 is 0 Å². The summed E-state index contributed by atoms with van der Waals surface area (Å²) in [6.07, 6.45) is 1.65. The van der Waals surface area contributed by atoms with Gasteiger partial charge >= 0.3 is 0 Å². The summed E-state index contributed by atoms with van der Waals surface area (Å²) < 4.78 is 12.1. The number of aryl methyl sites for hydroxylation is 1. The average molecular weight is 569 g/mol. The molecule has 0 aliphatic carbocycles. The van der Waals surface area contributed by atoms with Gasteiger partial charge in [-0.2, -0.15) is 0 Å². The van der Waals surface area contributed by atoms with Crippen molar-refractivity contribution in [2.75, 3.05) is 13.2 Å². The fraction of sp³-hybridized carbons (Fsp3) is 0.154. The van der Waals surface area contributed by atoms with Crippen LogP contribution in [0.15, 0.2) is 76.1 Å². The number of non-ortho nitro benzene ring substituents is 1. The Labute approximate surface area is 220 Å². The molecule has 1 aliphatic rings. The Kier molecular flexibility index (Phi) is 8.07. The molecule has 36 heavy (non-hydrogen) atoms. The quantitative estimate of drug-likeness (QED) is 0.168. The van der Waals surface area contributed by atoms with Crippen LogP contribution in [-0.2, 0) is 11.4 Å². The zero-order valence-electron chi connectivity index (χ0n) is 19.2. The Morgan fingerprint density at radius 1 is 1.06 bits per heavy atom. The van der Waals surface area contributed by atoms with Crippen molar-refractivity contribution in [3.63, 3.8) is 0 Å². The van der Waals surface area contributed by atoms with E-state index in [2.05, 4.69) is 15.9 Å². The summed E-state index contributed by atoms with van der Waals surface area (Å²) in [5.41, 5.74) is 2.50. The zero-order valence-corrected chi connectivity index (χ0v) is 21.6. The van der Waals surface area contributed by atoms with Gasteiger partial charge in [0.2, 0.25) is 0 Å². The number of nitrogens with zero attached hydrogens (tertiary/aromatic N) is 2. The van der Waals surface area contributed by atoms with Gasteiger partial charge in [0.1, 0.15) is 24.7 Å². The van der Waals surface area contributed by atoms with Crippen molar-refractivity contribution in [3.05, 3.63) is 103 Å². The van der Waals surface area contributed by atoms with Crippen molar-refractivity contribution in [3.8, 4) is 11.5 Å². The first-order valence-corrected chi connectivity index (χ1v) is 12.5. The number of benzene rings is 3. The largest absolute Gasteiger partial charge is 0.492 e. The lowest BCUT2D eigenvalue weighted by molar-refractivity contribution is -0.384. The molecule has 2 amide bonds. The molecule has 1 aliphatic heterocycles. The third-order valence-electron chi connectivity index (χ3n) is 5.25. The summed E-state index contributed by atoms with van der Waals surface area (Å²) in [4.78, 5) is 37.1. The van der Waals surface area contributed by atoms with Gasteiger partial charge < -0.3 is 9.47 Å². The van der Waals surface area contributed by atoms with Crippen LogP contribution in [0.5, 0.6) is 11.5 Å². The average Bonchev–Trinajstić information content (AvgIpc) is 3.12. The SMILES string of the molecule is Cc1ccc(OCCN2C(=O)S/C(=C\c3ccc(OCc4cccc([N+](=O)[O-])c4)c(Br)c3)C2=O)cc1. The highest BCUT2D eigenvalue weighted by Crippen LogP contribution is 2.34. The monoisotopic (exact) mass is 568 g/mol. The highest BCUT2D eigenvalue weighted by Gasteiger charge is 2.34. The maximum Gasteiger partial charge on any atom is 0.293 e. The number of nitro benzene ring substituents is 1. The Morgan fingerprint density at radius 2 is 1.83 bits per heavy atom. The van der Waals surface area contributed by atoms with Crippen LogP contribution in [0.1, 0.15) is 16.7 Å². The first-order chi connectivity index (χ1) is 17.3. The minimum Gasteiger partial charge on any atom is -0.492 e. The van der Waals surface area contributed by atoms with E-state index in [4.69, 9.17) is 9.47 Å². The predicted molar refractivity (Wildman–Crippen MR) is 141 cm³/mol. The van der Waals surface area contributed by atoms with Crippen molar-refractivity contribution in [2.24, 2.45) is 0 Å². The zero-order chi connectivity index (χ0) is 25.7. The maximum atomic E-state index is 12.8. The summed E-state index contributed by atoms with van der Waals surface area (Å²) >= 11 is 4.35. The highest BCUT2D eigenvalue weighted by molar-refractivity contribution is 9.10. The van der Waals surface area contributed by atoms with Crippen molar-refractivity contribution in [2.45, 2.75) is 13.5 Å². The lowest BCUT2D eigenvalue weighted by Gasteiger charge is -2.13. The molecule has 3 aromatic rings. The van der Waals surface area contributed by atoms with Crippen molar-refractivity contribution in [1.29, 1.82) is 0 Å². The number of nitro groups is 1. The Bertz CT molecular complexity index is 1340. The molecule has 1 fully saturated rings. The normalized spacial score (nSPS) is 14.4. The van der Waals surface area contributed by atoms with Crippen molar-refractivity contribution >= 4 is 50.6 Å². The summed E-state index contributed by atoms with van der Waals surface area (Å²) in [7, 11) is 0. The van der Waals surface area contributed by atoms with Gasteiger partial charge in [-0.05, 0) is 76.1 Å². The molecule has 0 spiro atoms. The molecule has 0 unspecified atom stereocenters. The fourth-order valence-electron chi connectivity index (χ4n) is 3.38. The molecule has 0 N–H and O–H groups in total. The number of imide groups is 1. The number of thioether (sulfide) groups is 1. The van der Waals surface area contributed by atoms with Crippen LogP contribution in [0, 0.1) is 17.0 Å². The molecule has 184 valence electrons. The molecule has 1 heterocycles. The molecule has 3 aromatic carbocycles. The summed E-state index contributed by atoms with van der Waals surface area (Å²) in [6.45, 7) is 2.50. The smallest absolute Gasteiger partial charge is 0.293 e. The number of halogens is 1. The molecule has 0 atom stereocenters. The minimum absolute atomic E-state index is 0.00109. The van der Waals surface area contributed by atoms with Crippen LogP contribution >= 0.6 is 27.7 Å². The van der Waals surface area contributed by atoms with Gasteiger partial charge in [0.05, 0.1) is 20.8 Å². The Hall–Kier alpha value is -3.63. The number of carbonyl (C=O) groups is 2. The van der Waals surface area contributed by atoms with Gasteiger partial charge in [-0.1, -0.05) is 35.9 Å². The van der Waals surface area contributed by atoms with E-state index in [1.54, 1.807) is 36.4 Å². The van der Waals surface area contributed by atoms with Gasteiger partial charge in [-0.25, -0.2) is 0 Å². The molecular formula is C26H21BrN2O6S. The van der Waals surface area contributed by atoms with Crippen LogP contribution in [0.3, 0.4) is 0 Å². The van der Waals surface area contributed by atoms with Crippen molar-refractivity contribution in [1.82, 2.24) is 4.90 Å². The third kappa shape index (κ3) is 6.32. The molecule has 0 radical (unpaired) electrons. The molecule has 10 heteroatoms. The molecule has 0 saturated carbocycles. The van der Waals surface area contributed by atoms with Crippen LogP contribution < -0.4 is 9.47 Å². The van der Waals surface area contributed by atoms with Crippen LogP contribution in [-0.4, -0.2) is 34.1 Å². The highest BCUT2D eigenvalue weighted by atomic mass is 79.9. The number of amides is 2. The van der Waals surface area contributed by atoms with Gasteiger partial charge in [0, 0.05) is 12.1 Å². The first-order valence-electron chi connectivity index (χ1n) is 10.9. The van der Waals surface area contributed by atoms with E-state index in [1.165, 1.54) is 17.0 Å². The molecule has 8 nitrogen and oxygen atoms in total. The predicted octanol–water partition coefficient (Wildman–Crippen LogP) is 6.36. The summed E-state index contributed by atoms with van der Waals surface area (Å²) in [6, 6.07) is 19.1. The second-order valence-corrected chi connectivity index (χ2v) is 9.75. The van der Waals surface area contributed by atoms with Crippen LogP contribution in [0.25, 0.3) is 6.08 Å². The van der Waals surface area contributed by atoms with Gasteiger partial charge in [-0.15, -0.1) is 0 Å². The van der Waals surface area contributed by atoms with E-state index in [9.17, 15) is 19.7 Å².